The normalized spacial score (nSPS) is 23.6. The van der Waals surface area contributed by atoms with Crippen LogP contribution in [0.1, 0.15) is 44.1 Å². The van der Waals surface area contributed by atoms with Crippen molar-refractivity contribution in [1.29, 1.82) is 0 Å². The fourth-order valence-corrected chi connectivity index (χ4v) is 5.09. The molecule has 2 N–H and O–H groups in total. The molecule has 0 saturated carbocycles. The van der Waals surface area contributed by atoms with E-state index in [9.17, 15) is 13.2 Å². The summed E-state index contributed by atoms with van der Waals surface area (Å²) in [6.45, 7) is 3.21. The van der Waals surface area contributed by atoms with E-state index in [2.05, 4.69) is 14.9 Å². The zero-order valence-electron chi connectivity index (χ0n) is 16.1. The second-order valence-electron chi connectivity index (χ2n) is 7.66. The molecule has 27 heavy (non-hydrogen) atoms. The highest BCUT2D eigenvalue weighted by atomic mass is 32.2. The van der Waals surface area contributed by atoms with Gasteiger partial charge < -0.3 is 10.2 Å². The van der Waals surface area contributed by atoms with Crippen molar-refractivity contribution in [3.63, 3.8) is 0 Å². The van der Waals surface area contributed by atoms with Crippen molar-refractivity contribution in [1.82, 2.24) is 14.9 Å². The number of carbonyl (C=O) groups excluding carboxylic acids is 1. The zero-order chi connectivity index (χ0) is 19.3. The fourth-order valence-electron chi connectivity index (χ4n) is 4.36. The third kappa shape index (κ3) is 5.30. The van der Waals surface area contributed by atoms with Crippen LogP contribution in [0.4, 0.5) is 0 Å². The first kappa shape index (κ1) is 20.3. The van der Waals surface area contributed by atoms with E-state index in [1.165, 1.54) is 52.2 Å². The van der Waals surface area contributed by atoms with Crippen molar-refractivity contribution in [2.45, 2.75) is 55.9 Å². The van der Waals surface area contributed by atoms with Gasteiger partial charge in [-0.1, -0.05) is 18.6 Å². The van der Waals surface area contributed by atoms with Gasteiger partial charge in [0.1, 0.15) is 0 Å². The molecule has 0 spiro atoms. The number of carbonyl (C=O) groups is 1. The predicted molar refractivity (Wildman–Crippen MR) is 106 cm³/mol. The van der Waals surface area contributed by atoms with Gasteiger partial charge >= 0.3 is 0 Å². The summed E-state index contributed by atoms with van der Waals surface area (Å²) in [5, 5.41) is 3.13. The Hall–Kier alpha value is -1.44. The van der Waals surface area contributed by atoms with Crippen LogP contribution in [-0.2, 0) is 21.2 Å². The lowest BCUT2D eigenvalue weighted by molar-refractivity contribution is -0.121. The number of piperidine rings is 2. The van der Waals surface area contributed by atoms with E-state index >= 15 is 0 Å². The number of nitrogens with zero attached hydrogens (tertiary/aromatic N) is 1. The zero-order valence-corrected chi connectivity index (χ0v) is 16.9. The Bertz CT molecular complexity index is 731. The molecule has 0 bridgehead atoms. The molecule has 3 rings (SSSR count). The van der Waals surface area contributed by atoms with Gasteiger partial charge in [0.15, 0.2) is 0 Å². The molecule has 2 heterocycles. The third-order valence-electron chi connectivity index (χ3n) is 5.93. The van der Waals surface area contributed by atoms with Crippen molar-refractivity contribution in [3.05, 3.63) is 29.8 Å². The number of hydrogen-bond acceptors (Lipinski definition) is 4. The van der Waals surface area contributed by atoms with Crippen LogP contribution in [-0.4, -0.2) is 51.9 Å². The minimum Gasteiger partial charge on any atom is -0.356 e. The first-order valence-corrected chi connectivity index (χ1v) is 11.5. The average Bonchev–Trinajstić information content (AvgIpc) is 2.71. The molecule has 2 atom stereocenters. The van der Waals surface area contributed by atoms with Crippen LogP contribution in [0.2, 0.25) is 0 Å². The molecule has 1 aromatic carbocycles. The maximum absolute atomic E-state index is 12.3. The summed E-state index contributed by atoms with van der Waals surface area (Å²) in [6, 6.07) is 7.36. The van der Waals surface area contributed by atoms with E-state index in [4.69, 9.17) is 0 Å². The highest BCUT2D eigenvalue weighted by Crippen LogP contribution is 2.30. The van der Waals surface area contributed by atoms with Crippen LogP contribution in [0.5, 0.6) is 0 Å². The quantitative estimate of drug-likeness (QED) is 0.742. The molecule has 1 aromatic rings. The lowest BCUT2D eigenvalue weighted by Crippen LogP contribution is -2.51. The number of fused-ring (bicyclic) bond motifs is 1. The predicted octanol–water partition coefficient (Wildman–Crippen LogP) is 1.91. The topological polar surface area (TPSA) is 78.5 Å². The van der Waals surface area contributed by atoms with Crippen molar-refractivity contribution < 1.29 is 13.2 Å². The van der Waals surface area contributed by atoms with E-state index < -0.39 is 10.0 Å². The summed E-state index contributed by atoms with van der Waals surface area (Å²) in [5.41, 5.74) is 0.969. The number of sulfonamides is 1. The Balaban J connectivity index is 1.44. The Morgan fingerprint density at radius 1 is 1.11 bits per heavy atom. The average molecular weight is 394 g/mol. The molecule has 150 valence electrons. The van der Waals surface area contributed by atoms with E-state index in [0.29, 0.717) is 24.8 Å². The number of benzene rings is 1. The van der Waals surface area contributed by atoms with Gasteiger partial charge in [-0.2, -0.15) is 0 Å². The smallest absolute Gasteiger partial charge is 0.240 e. The maximum Gasteiger partial charge on any atom is 0.240 e. The molecule has 6 nitrogen and oxygen atoms in total. The molecule has 1 amide bonds. The number of nitrogens with one attached hydrogen (secondary N) is 2. The summed E-state index contributed by atoms with van der Waals surface area (Å²) in [7, 11) is -2.02. The summed E-state index contributed by atoms with van der Waals surface area (Å²) in [6.07, 6.45) is 7.38. The SMILES string of the molecule is CNS(=O)(=O)c1ccc(CCC(=O)NC[C@@H]2CCCN3CCCC[C@H]23)cc1. The Morgan fingerprint density at radius 3 is 2.59 bits per heavy atom. The number of aryl methyl sites for hydroxylation is 1. The van der Waals surface area contributed by atoms with Gasteiger partial charge in [0.05, 0.1) is 4.90 Å². The molecule has 0 aromatic heterocycles. The molecular weight excluding hydrogens is 362 g/mol. The minimum absolute atomic E-state index is 0.0786. The van der Waals surface area contributed by atoms with Gasteiger partial charge in [-0.25, -0.2) is 13.1 Å². The second-order valence-corrected chi connectivity index (χ2v) is 9.54. The lowest BCUT2D eigenvalue weighted by Gasteiger charge is -2.44. The highest BCUT2D eigenvalue weighted by molar-refractivity contribution is 7.89. The molecule has 2 aliphatic heterocycles. The van der Waals surface area contributed by atoms with Gasteiger partial charge in [0.25, 0.3) is 0 Å². The molecular formula is C20H31N3O3S. The third-order valence-corrected chi connectivity index (χ3v) is 7.36. The molecule has 7 heteroatoms. The van der Waals surface area contributed by atoms with E-state index in [-0.39, 0.29) is 10.8 Å². The number of hydrogen-bond donors (Lipinski definition) is 2. The van der Waals surface area contributed by atoms with Crippen LogP contribution in [0, 0.1) is 5.92 Å². The summed E-state index contributed by atoms with van der Waals surface area (Å²) in [5.74, 6) is 0.656. The molecule has 0 unspecified atom stereocenters. The van der Waals surface area contributed by atoms with Crippen LogP contribution < -0.4 is 10.0 Å². The van der Waals surface area contributed by atoms with Crippen molar-refractivity contribution in [2.24, 2.45) is 5.92 Å². The van der Waals surface area contributed by atoms with Crippen molar-refractivity contribution in [2.75, 3.05) is 26.7 Å². The van der Waals surface area contributed by atoms with Crippen LogP contribution in [0.15, 0.2) is 29.2 Å². The minimum atomic E-state index is -3.41. The molecule has 0 aliphatic carbocycles. The van der Waals surface area contributed by atoms with E-state index in [1.54, 1.807) is 24.3 Å². The van der Waals surface area contributed by atoms with Crippen LogP contribution in [0.25, 0.3) is 0 Å². The molecule has 2 fully saturated rings. The molecule has 2 saturated heterocycles. The van der Waals surface area contributed by atoms with Gasteiger partial charge in [-0.15, -0.1) is 0 Å². The first-order valence-electron chi connectivity index (χ1n) is 10.0. The van der Waals surface area contributed by atoms with Crippen LogP contribution in [0.3, 0.4) is 0 Å². The fraction of sp³-hybridized carbons (Fsp3) is 0.650. The summed E-state index contributed by atoms with van der Waals surface area (Å²) >= 11 is 0. The molecule has 0 radical (unpaired) electrons. The summed E-state index contributed by atoms with van der Waals surface area (Å²) < 4.78 is 25.8. The highest BCUT2D eigenvalue weighted by Gasteiger charge is 2.32. The van der Waals surface area contributed by atoms with Crippen LogP contribution >= 0.6 is 0 Å². The Labute approximate surface area is 162 Å². The van der Waals surface area contributed by atoms with E-state index in [0.717, 1.165) is 12.1 Å². The number of amides is 1. The first-order chi connectivity index (χ1) is 13.0. The van der Waals surface area contributed by atoms with Gasteiger partial charge in [0.2, 0.25) is 15.9 Å². The number of rotatable bonds is 7. The largest absolute Gasteiger partial charge is 0.356 e. The Kier molecular flexibility index (Phi) is 6.89. The maximum atomic E-state index is 12.3. The standard InChI is InChI=1S/C20H31N3O3S/c1-21-27(25,26)18-10-7-16(8-11-18)9-12-20(24)22-15-17-5-4-14-23-13-3-2-6-19(17)23/h7-8,10-11,17,19,21H,2-6,9,12-15H2,1H3,(H,22,24)/t17-,19+/m0/s1. The van der Waals surface area contributed by atoms with Crippen molar-refractivity contribution >= 4 is 15.9 Å². The monoisotopic (exact) mass is 393 g/mol. The second kappa shape index (κ2) is 9.17. The van der Waals surface area contributed by atoms with E-state index in [1.807, 2.05) is 0 Å². The molecule has 2 aliphatic rings. The Morgan fingerprint density at radius 2 is 1.85 bits per heavy atom. The van der Waals surface area contributed by atoms with Gasteiger partial charge in [-0.3, -0.25) is 4.79 Å². The summed E-state index contributed by atoms with van der Waals surface area (Å²) in [4.78, 5) is 15.1. The van der Waals surface area contributed by atoms with Crippen molar-refractivity contribution in [3.8, 4) is 0 Å². The lowest BCUT2D eigenvalue weighted by atomic mass is 9.83. The van der Waals surface area contributed by atoms with Gasteiger partial charge in [-0.05, 0) is 75.9 Å². The van der Waals surface area contributed by atoms with Gasteiger partial charge in [0, 0.05) is 19.0 Å².